The minimum atomic E-state index is -0.629. The lowest BCUT2D eigenvalue weighted by molar-refractivity contribution is -0.165. The Balaban J connectivity index is 1.29. The maximum absolute atomic E-state index is 12.2. The Morgan fingerprint density at radius 3 is 2.71 bits per heavy atom. The van der Waals surface area contributed by atoms with Gasteiger partial charge in [-0.1, -0.05) is 12.1 Å². The maximum Gasteiger partial charge on any atom is 0.252 e. The van der Waals surface area contributed by atoms with Crippen molar-refractivity contribution in [2.75, 3.05) is 24.4 Å². The first-order valence-electron chi connectivity index (χ1n) is 13.2. The van der Waals surface area contributed by atoms with Crippen LogP contribution in [-0.2, 0) is 9.53 Å². The molecule has 2 amide bonds. The second kappa shape index (κ2) is 9.75. The number of primary amides is 1. The fourth-order valence-electron chi connectivity index (χ4n) is 5.58. The van der Waals surface area contributed by atoms with Crippen LogP contribution < -0.4 is 21.1 Å². The zero-order chi connectivity index (χ0) is 26.3. The summed E-state index contributed by atoms with van der Waals surface area (Å²) >= 11 is 0. The van der Waals surface area contributed by atoms with E-state index in [0.717, 1.165) is 56.3 Å². The molecule has 1 spiro atoms. The van der Waals surface area contributed by atoms with Crippen LogP contribution in [0.5, 0.6) is 5.75 Å². The molecule has 10 heteroatoms. The fourth-order valence-corrected chi connectivity index (χ4v) is 5.58. The van der Waals surface area contributed by atoms with E-state index in [1.165, 1.54) is 12.6 Å². The Morgan fingerprint density at radius 1 is 1.16 bits per heavy atom. The van der Waals surface area contributed by atoms with Gasteiger partial charge in [0.15, 0.2) is 0 Å². The second-order valence-corrected chi connectivity index (χ2v) is 10.4. The van der Waals surface area contributed by atoms with Crippen LogP contribution in [0.15, 0.2) is 42.9 Å². The molecule has 2 saturated carbocycles. The Morgan fingerprint density at radius 2 is 2.03 bits per heavy atom. The molecule has 2 aliphatic carbocycles. The summed E-state index contributed by atoms with van der Waals surface area (Å²) in [5.74, 6) is 0.279. The van der Waals surface area contributed by atoms with E-state index in [1.54, 1.807) is 13.2 Å². The van der Waals surface area contributed by atoms with Gasteiger partial charge in [-0.25, -0.2) is 4.98 Å². The van der Waals surface area contributed by atoms with E-state index >= 15 is 0 Å². The van der Waals surface area contributed by atoms with Crippen LogP contribution in [0.3, 0.4) is 0 Å². The zero-order valence-electron chi connectivity index (χ0n) is 21.4. The zero-order valence-corrected chi connectivity index (χ0v) is 21.4. The number of carbonyl (C=O) groups is 2. The van der Waals surface area contributed by atoms with Gasteiger partial charge in [0, 0.05) is 42.1 Å². The number of nitrogens with two attached hydrogens (primary N) is 1. The van der Waals surface area contributed by atoms with Gasteiger partial charge < -0.3 is 25.8 Å². The molecular weight excluding hydrogens is 484 g/mol. The van der Waals surface area contributed by atoms with Gasteiger partial charge in [0.25, 0.3) is 5.91 Å². The molecule has 3 fully saturated rings. The highest BCUT2D eigenvalue weighted by molar-refractivity contribution is 6.01. The van der Waals surface area contributed by atoms with E-state index in [0.29, 0.717) is 22.9 Å². The molecule has 38 heavy (non-hydrogen) atoms. The quantitative estimate of drug-likeness (QED) is 0.404. The molecule has 3 aromatic rings. The number of hydrogen-bond donors (Lipinski definition) is 3. The van der Waals surface area contributed by atoms with Gasteiger partial charge in [-0.05, 0) is 51.0 Å². The SMILES string of the molecule is COc1c(Nc2cc(NC(=O)C3CC3)ncc2C(N)=O)cccc1-c1cnn(C2CCC23CCCCO3)c1. The predicted molar refractivity (Wildman–Crippen MR) is 142 cm³/mol. The minimum absolute atomic E-state index is 0.0289. The third-order valence-electron chi connectivity index (χ3n) is 7.92. The molecule has 3 aliphatic rings. The number of pyridine rings is 1. The monoisotopic (exact) mass is 516 g/mol. The molecule has 2 aromatic heterocycles. The molecule has 1 aromatic carbocycles. The van der Waals surface area contributed by atoms with Gasteiger partial charge in [0.1, 0.15) is 11.6 Å². The topological polar surface area (TPSA) is 133 Å². The number of ether oxygens (including phenoxy) is 2. The first-order valence-corrected chi connectivity index (χ1v) is 13.2. The van der Waals surface area contributed by atoms with Gasteiger partial charge in [0.2, 0.25) is 5.91 Å². The Hall–Kier alpha value is -3.92. The maximum atomic E-state index is 12.2. The normalized spacial score (nSPS) is 22.5. The van der Waals surface area contributed by atoms with Crippen LogP contribution >= 0.6 is 0 Å². The Bertz CT molecular complexity index is 1380. The van der Waals surface area contributed by atoms with Gasteiger partial charge in [-0.15, -0.1) is 0 Å². The lowest BCUT2D eigenvalue weighted by Gasteiger charge is -2.51. The van der Waals surface area contributed by atoms with Crippen LogP contribution in [0.1, 0.15) is 61.3 Å². The third-order valence-corrected chi connectivity index (χ3v) is 7.92. The predicted octanol–water partition coefficient (Wildman–Crippen LogP) is 4.42. The van der Waals surface area contributed by atoms with Crippen molar-refractivity contribution < 1.29 is 19.1 Å². The van der Waals surface area contributed by atoms with E-state index < -0.39 is 5.91 Å². The first kappa shape index (κ1) is 24.4. The van der Waals surface area contributed by atoms with Crippen LogP contribution in [0.25, 0.3) is 11.1 Å². The van der Waals surface area contributed by atoms with Crippen molar-refractivity contribution in [3.63, 3.8) is 0 Å². The summed E-state index contributed by atoms with van der Waals surface area (Å²) in [6.07, 6.45) is 12.6. The number of amides is 2. The van der Waals surface area contributed by atoms with E-state index in [2.05, 4.69) is 21.8 Å². The average Bonchev–Trinajstić information content (AvgIpc) is 3.67. The lowest BCUT2D eigenvalue weighted by atomic mass is 9.70. The third kappa shape index (κ3) is 4.49. The Kier molecular flexibility index (Phi) is 6.27. The summed E-state index contributed by atoms with van der Waals surface area (Å²) in [5, 5.41) is 10.8. The average molecular weight is 517 g/mol. The number of nitrogens with one attached hydrogen (secondary N) is 2. The summed E-state index contributed by atoms with van der Waals surface area (Å²) in [5.41, 5.74) is 8.58. The number of aromatic nitrogens is 3. The van der Waals surface area contributed by atoms with Crippen molar-refractivity contribution in [2.45, 2.75) is 56.6 Å². The van der Waals surface area contributed by atoms with Crippen LogP contribution in [0.4, 0.5) is 17.2 Å². The van der Waals surface area contributed by atoms with E-state index in [9.17, 15) is 9.59 Å². The Labute approximate surface area is 220 Å². The van der Waals surface area contributed by atoms with Gasteiger partial charge >= 0.3 is 0 Å². The second-order valence-electron chi connectivity index (χ2n) is 10.4. The summed E-state index contributed by atoms with van der Waals surface area (Å²) < 4.78 is 14.1. The van der Waals surface area contributed by atoms with Crippen LogP contribution in [0, 0.1) is 5.92 Å². The van der Waals surface area contributed by atoms with Crippen molar-refractivity contribution in [2.24, 2.45) is 11.7 Å². The van der Waals surface area contributed by atoms with Gasteiger partial charge in [0.05, 0.1) is 41.9 Å². The number of hydrogen-bond acceptors (Lipinski definition) is 7. The van der Waals surface area contributed by atoms with E-state index in [4.69, 9.17) is 20.3 Å². The van der Waals surface area contributed by atoms with Gasteiger partial charge in [-0.3, -0.25) is 14.3 Å². The number of benzene rings is 1. The standard InChI is InChI=1S/C28H32N6O4/c1-37-25-19(18-14-31-34(16-18)23-9-11-28(23)10-2-3-12-38-28)5-4-6-21(25)32-22-13-24(30-15-20(22)26(29)35)33-27(36)17-7-8-17/h4-6,13-17,23H,2-3,7-12H2,1H3,(H2,29,35)(H2,30,32,33,36). The molecule has 198 valence electrons. The summed E-state index contributed by atoms with van der Waals surface area (Å²) in [6.45, 7) is 0.820. The number of methoxy groups -OCH3 is 1. The van der Waals surface area contributed by atoms with Crippen molar-refractivity contribution in [3.8, 4) is 16.9 Å². The van der Waals surface area contributed by atoms with E-state index in [1.807, 2.05) is 29.1 Å². The van der Waals surface area contributed by atoms with Crippen molar-refractivity contribution >= 4 is 29.0 Å². The molecule has 2 unspecified atom stereocenters. The molecule has 2 atom stereocenters. The summed E-state index contributed by atoms with van der Waals surface area (Å²) in [4.78, 5) is 28.6. The molecule has 4 N–H and O–H groups in total. The summed E-state index contributed by atoms with van der Waals surface area (Å²) in [6, 6.07) is 7.60. The lowest BCUT2D eigenvalue weighted by Crippen LogP contribution is -2.52. The minimum Gasteiger partial charge on any atom is -0.494 e. The summed E-state index contributed by atoms with van der Waals surface area (Å²) in [7, 11) is 1.61. The molecule has 1 saturated heterocycles. The number of nitrogens with zero attached hydrogens (tertiary/aromatic N) is 3. The molecule has 1 aliphatic heterocycles. The number of anilines is 3. The van der Waals surface area contributed by atoms with Crippen molar-refractivity contribution in [1.29, 1.82) is 0 Å². The van der Waals surface area contributed by atoms with Crippen LogP contribution in [0.2, 0.25) is 0 Å². The number of rotatable bonds is 8. The highest BCUT2D eigenvalue weighted by Gasteiger charge is 2.50. The van der Waals surface area contributed by atoms with Crippen molar-refractivity contribution in [1.82, 2.24) is 14.8 Å². The van der Waals surface area contributed by atoms with E-state index in [-0.39, 0.29) is 29.0 Å². The first-order chi connectivity index (χ1) is 18.5. The molecule has 10 nitrogen and oxygen atoms in total. The fraction of sp³-hybridized carbons (Fsp3) is 0.429. The molecule has 0 bridgehead atoms. The van der Waals surface area contributed by atoms with Crippen molar-refractivity contribution in [3.05, 3.63) is 48.4 Å². The van der Waals surface area contributed by atoms with Gasteiger partial charge in [-0.2, -0.15) is 5.10 Å². The number of carbonyl (C=O) groups excluding carboxylic acids is 2. The largest absolute Gasteiger partial charge is 0.494 e. The van der Waals surface area contributed by atoms with Crippen LogP contribution in [-0.4, -0.2) is 45.9 Å². The number of para-hydroxylation sites is 1. The smallest absolute Gasteiger partial charge is 0.252 e. The molecule has 3 heterocycles. The highest BCUT2D eigenvalue weighted by atomic mass is 16.5. The highest BCUT2D eigenvalue weighted by Crippen LogP contribution is 2.50. The molecule has 0 radical (unpaired) electrons. The molecule has 6 rings (SSSR count). The molecular formula is C28H32N6O4.